The molecular weight excluding hydrogens is 486 g/mol. The van der Waals surface area contributed by atoms with Crippen LogP contribution < -0.4 is 11.1 Å². The SMILES string of the molecule is CC(C)OP(=O)(O)OC[C@@H](O)[C@@H](C[C@H](O)NC(=O)/C=C(/N)C(C)C=O)OP(=O)(O)OC(C)C. The molecule has 0 aliphatic heterocycles. The number of phosphoric acid groups is 2. The molecule has 0 aliphatic carbocycles. The topological polar surface area (TPSA) is 224 Å². The number of nitrogens with one attached hydrogen (secondary N) is 1. The van der Waals surface area contributed by atoms with Crippen molar-refractivity contribution in [2.75, 3.05) is 6.61 Å². The highest BCUT2D eigenvalue weighted by molar-refractivity contribution is 7.47. The van der Waals surface area contributed by atoms with Crippen LogP contribution in [0.5, 0.6) is 0 Å². The van der Waals surface area contributed by atoms with Gasteiger partial charge in [0, 0.05) is 18.2 Å². The second-order valence-corrected chi connectivity index (χ2v) is 10.3. The number of nitrogens with two attached hydrogens (primary N) is 1. The zero-order chi connectivity index (χ0) is 26.0. The van der Waals surface area contributed by atoms with E-state index < -0.39 is 71.1 Å². The normalized spacial score (nSPS) is 19.9. The maximum atomic E-state index is 12.1. The highest BCUT2D eigenvalue weighted by Gasteiger charge is 2.35. The van der Waals surface area contributed by atoms with E-state index in [1.165, 1.54) is 34.6 Å². The van der Waals surface area contributed by atoms with Crippen LogP contribution in [0, 0.1) is 5.92 Å². The van der Waals surface area contributed by atoms with Crippen LogP contribution in [0.2, 0.25) is 0 Å². The summed E-state index contributed by atoms with van der Waals surface area (Å²) in [5, 5.41) is 22.5. The molecule has 0 aromatic heterocycles. The summed E-state index contributed by atoms with van der Waals surface area (Å²) in [5.74, 6) is -1.65. The van der Waals surface area contributed by atoms with Gasteiger partial charge in [0.2, 0.25) is 5.91 Å². The maximum absolute atomic E-state index is 12.1. The fraction of sp³-hybridized carbons (Fsp3) is 0.765. The molecule has 0 rings (SSSR count). The summed E-state index contributed by atoms with van der Waals surface area (Å²) in [7, 11) is -9.31. The third-order valence-electron chi connectivity index (χ3n) is 3.59. The van der Waals surface area contributed by atoms with Crippen molar-refractivity contribution >= 4 is 27.8 Å². The zero-order valence-corrected chi connectivity index (χ0v) is 20.8. The van der Waals surface area contributed by atoms with Gasteiger partial charge in [-0.1, -0.05) is 6.92 Å². The van der Waals surface area contributed by atoms with Gasteiger partial charge in [-0.3, -0.25) is 22.9 Å². The van der Waals surface area contributed by atoms with E-state index in [2.05, 4.69) is 14.4 Å². The average Bonchev–Trinajstić information content (AvgIpc) is 2.62. The molecular formula is C17H34N2O12P2. The van der Waals surface area contributed by atoms with E-state index in [-0.39, 0.29) is 5.70 Å². The Bertz CT molecular complexity index is 760. The van der Waals surface area contributed by atoms with Gasteiger partial charge >= 0.3 is 15.6 Å². The summed E-state index contributed by atoms with van der Waals surface area (Å²) in [6.45, 7) is 6.37. The predicted molar refractivity (Wildman–Crippen MR) is 115 cm³/mol. The molecule has 0 saturated heterocycles. The number of rotatable bonds is 16. The maximum Gasteiger partial charge on any atom is 0.472 e. The van der Waals surface area contributed by atoms with Gasteiger partial charge in [-0.2, -0.15) is 0 Å². The summed E-state index contributed by atoms with van der Waals surface area (Å²) in [5.41, 5.74) is 5.48. The Kier molecular flexibility index (Phi) is 13.8. The summed E-state index contributed by atoms with van der Waals surface area (Å²) in [6, 6.07) is 0. The molecule has 0 saturated carbocycles. The fourth-order valence-corrected chi connectivity index (χ4v) is 4.24. The van der Waals surface area contributed by atoms with E-state index >= 15 is 0 Å². The highest BCUT2D eigenvalue weighted by atomic mass is 31.2. The number of carbonyl (C=O) groups excluding carboxylic acids is 2. The number of aldehydes is 1. The lowest BCUT2D eigenvalue weighted by Gasteiger charge is -2.28. The molecule has 3 unspecified atom stereocenters. The van der Waals surface area contributed by atoms with Crippen molar-refractivity contribution in [1.29, 1.82) is 0 Å². The predicted octanol–water partition coefficient (Wildman–Crippen LogP) is 0.302. The molecule has 16 heteroatoms. The van der Waals surface area contributed by atoms with Gasteiger partial charge in [0.1, 0.15) is 24.7 Å². The first kappa shape index (κ1) is 31.8. The van der Waals surface area contributed by atoms with Crippen molar-refractivity contribution in [3.05, 3.63) is 11.8 Å². The standard InChI is InChI=1S/C17H34N2O12P2/c1-10(2)29-32(24,25)28-9-14(21)15(31-33(26,27)30-11(3)4)7-17(23)19-16(22)6-13(18)12(5)8-20/h6,8,10-12,14-15,17,21,23H,7,9,18H2,1-5H3,(H,19,22)(H,24,25)(H,26,27)/b13-6+/t12?,14-,15-,17+/m1/s1. The van der Waals surface area contributed by atoms with Crippen molar-refractivity contribution in [1.82, 2.24) is 5.32 Å². The molecule has 1 amide bonds. The number of phosphoric ester groups is 2. The van der Waals surface area contributed by atoms with Gasteiger partial charge in [-0.15, -0.1) is 0 Å². The first-order valence-corrected chi connectivity index (χ1v) is 12.9. The van der Waals surface area contributed by atoms with E-state index in [9.17, 15) is 38.7 Å². The molecule has 0 spiro atoms. The smallest absolute Gasteiger partial charge is 0.401 e. The average molecular weight is 520 g/mol. The molecule has 0 aromatic carbocycles. The molecule has 0 aromatic rings. The Morgan fingerprint density at radius 2 is 1.52 bits per heavy atom. The minimum atomic E-state index is -4.75. The van der Waals surface area contributed by atoms with Crippen molar-refractivity contribution in [2.45, 2.75) is 71.7 Å². The minimum absolute atomic E-state index is 0.0787. The van der Waals surface area contributed by atoms with Gasteiger partial charge in [0.25, 0.3) is 0 Å². The van der Waals surface area contributed by atoms with Crippen molar-refractivity contribution in [3.8, 4) is 0 Å². The van der Waals surface area contributed by atoms with E-state index in [4.69, 9.17) is 14.8 Å². The second-order valence-electron chi connectivity index (χ2n) is 7.58. The molecule has 194 valence electrons. The Hall–Kier alpha value is -1.18. The number of hydrogen-bond donors (Lipinski definition) is 6. The monoisotopic (exact) mass is 520 g/mol. The van der Waals surface area contributed by atoms with Crippen LogP contribution in [0.4, 0.5) is 0 Å². The molecule has 14 nitrogen and oxygen atoms in total. The quantitative estimate of drug-likeness (QED) is 0.0698. The third kappa shape index (κ3) is 14.6. The van der Waals surface area contributed by atoms with Crippen LogP contribution in [0.15, 0.2) is 11.8 Å². The van der Waals surface area contributed by atoms with Crippen LogP contribution in [0.25, 0.3) is 0 Å². The van der Waals surface area contributed by atoms with E-state index in [0.717, 1.165) is 6.08 Å². The van der Waals surface area contributed by atoms with E-state index in [1.54, 1.807) is 0 Å². The molecule has 6 atom stereocenters. The van der Waals surface area contributed by atoms with Crippen molar-refractivity contribution < 1.29 is 56.8 Å². The van der Waals surface area contributed by atoms with Crippen molar-refractivity contribution in [3.63, 3.8) is 0 Å². The Morgan fingerprint density at radius 1 is 1.00 bits per heavy atom. The summed E-state index contributed by atoms with van der Waals surface area (Å²) in [6.07, 6.45) is -6.00. The van der Waals surface area contributed by atoms with E-state index in [1.807, 2.05) is 0 Å². The number of allylic oxidation sites excluding steroid dienone is 1. The van der Waals surface area contributed by atoms with E-state index in [0.29, 0.717) is 6.29 Å². The summed E-state index contributed by atoms with van der Waals surface area (Å²) in [4.78, 5) is 42.1. The Labute approximate surface area is 192 Å². The van der Waals surface area contributed by atoms with Crippen LogP contribution in [-0.4, -0.2) is 69.4 Å². The second kappa shape index (κ2) is 14.3. The summed E-state index contributed by atoms with van der Waals surface area (Å²) < 4.78 is 42.9. The van der Waals surface area contributed by atoms with Gasteiger partial charge in [-0.25, -0.2) is 9.13 Å². The molecule has 0 bridgehead atoms. The number of hydrogen-bond acceptors (Lipinski definition) is 11. The van der Waals surface area contributed by atoms with Crippen LogP contribution >= 0.6 is 15.6 Å². The third-order valence-corrected chi connectivity index (χ3v) is 5.98. The molecule has 0 aliphatic rings. The van der Waals surface area contributed by atoms with Gasteiger partial charge in [0.05, 0.1) is 24.7 Å². The fourth-order valence-electron chi connectivity index (χ4n) is 2.15. The molecule has 33 heavy (non-hydrogen) atoms. The van der Waals surface area contributed by atoms with Gasteiger partial charge in [0.15, 0.2) is 0 Å². The molecule has 0 heterocycles. The Morgan fingerprint density at radius 3 is 2.00 bits per heavy atom. The lowest BCUT2D eigenvalue weighted by Crippen LogP contribution is -2.42. The van der Waals surface area contributed by atoms with Crippen LogP contribution in [0.1, 0.15) is 41.0 Å². The van der Waals surface area contributed by atoms with Crippen LogP contribution in [-0.2, 0) is 36.8 Å². The molecule has 0 radical (unpaired) electrons. The van der Waals surface area contributed by atoms with Crippen LogP contribution in [0.3, 0.4) is 0 Å². The Balaban J connectivity index is 5.37. The lowest BCUT2D eigenvalue weighted by atomic mass is 10.1. The first-order valence-electron chi connectivity index (χ1n) is 9.92. The number of aliphatic hydroxyl groups is 2. The zero-order valence-electron chi connectivity index (χ0n) is 19.1. The lowest BCUT2D eigenvalue weighted by molar-refractivity contribution is -0.120. The molecule has 0 fully saturated rings. The van der Waals surface area contributed by atoms with Crippen molar-refractivity contribution in [2.24, 2.45) is 11.7 Å². The summed E-state index contributed by atoms with van der Waals surface area (Å²) >= 11 is 0. The largest absolute Gasteiger partial charge is 0.472 e. The molecule has 7 N–H and O–H groups in total. The number of amides is 1. The number of aliphatic hydroxyl groups excluding tert-OH is 2. The van der Waals surface area contributed by atoms with Gasteiger partial charge < -0.3 is 35.8 Å². The first-order chi connectivity index (χ1) is 15.0. The number of carbonyl (C=O) groups is 2. The highest BCUT2D eigenvalue weighted by Crippen LogP contribution is 2.48. The minimum Gasteiger partial charge on any atom is -0.401 e. The van der Waals surface area contributed by atoms with Gasteiger partial charge in [-0.05, 0) is 27.7 Å².